The maximum Gasteiger partial charge on any atom is 0.343 e. The Morgan fingerprint density at radius 2 is 1.65 bits per heavy atom. The Labute approximate surface area is 184 Å². The van der Waals surface area contributed by atoms with Crippen LogP contribution in [0.1, 0.15) is 26.3 Å². The SMILES string of the molecule is C=CCOc1ccc(C(=O)N/N=C\c2ccccc2OC(=O)c2ccc(Cl)cc2)cc1. The molecule has 0 spiro atoms. The van der Waals surface area contributed by atoms with Gasteiger partial charge in [0.2, 0.25) is 0 Å². The minimum absolute atomic E-state index is 0.309. The van der Waals surface area contributed by atoms with Crippen LogP contribution in [0.5, 0.6) is 11.5 Å². The van der Waals surface area contributed by atoms with Crippen molar-refractivity contribution >= 4 is 29.7 Å². The number of nitrogens with one attached hydrogen (secondary N) is 1. The normalized spacial score (nSPS) is 10.5. The molecule has 0 aliphatic carbocycles. The van der Waals surface area contributed by atoms with E-state index < -0.39 is 5.97 Å². The number of ether oxygens (including phenoxy) is 2. The van der Waals surface area contributed by atoms with Crippen LogP contribution in [-0.4, -0.2) is 24.7 Å². The van der Waals surface area contributed by atoms with Crippen molar-refractivity contribution in [1.82, 2.24) is 5.43 Å². The first-order chi connectivity index (χ1) is 15.1. The van der Waals surface area contributed by atoms with Crippen molar-refractivity contribution in [3.8, 4) is 11.5 Å². The smallest absolute Gasteiger partial charge is 0.343 e. The van der Waals surface area contributed by atoms with Gasteiger partial charge in [0.25, 0.3) is 5.91 Å². The van der Waals surface area contributed by atoms with Crippen LogP contribution in [0.15, 0.2) is 90.6 Å². The van der Waals surface area contributed by atoms with Crippen molar-refractivity contribution in [3.05, 3.63) is 107 Å². The molecular formula is C24H19ClN2O4. The van der Waals surface area contributed by atoms with Crippen molar-refractivity contribution in [2.45, 2.75) is 0 Å². The summed E-state index contributed by atoms with van der Waals surface area (Å²) in [5.74, 6) is 0.0306. The molecule has 0 aliphatic rings. The Balaban J connectivity index is 1.63. The Bertz CT molecular complexity index is 1090. The molecule has 3 rings (SSSR count). The number of carbonyl (C=O) groups excluding carboxylic acids is 2. The summed E-state index contributed by atoms with van der Waals surface area (Å²) in [6.07, 6.45) is 3.05. The van der Waals surface area contributed by atoms with Crippen molar-refractivity contribution in [2.24, 2.45) is 5.10 Å². The number of esters is 1. The number of hydrazone groups is 1. The van der Waals surface area contributed by atoms with Crippen LogP contribution in [0.4, 0.5) is 0 Å². The lowest BCUT2D eigenvalue weighted by molar-refractivity contribution is 0.0734. The molecule has 3 aromatic rings. The second-order valence-corrected chi connectivity index (χ2v) is 6.69. The van der Waals surface area contributed by atoms with Crippen LogP contribution in [-0.2, 0) is 0 Å². The van der Waals surface area contributed by atoms with E-state index in [2.05, 4.69) is 17.1 Å². The zero-order valence-corrected chi connectivity index (χ0v) is 17.2. The largest absolute Gasteiger partial charge is 0.490 e. The zero-order valence-electron chi connectivity index (χ0n) is 16.5. The first-order valence-corrected chi connectivity index (χ1v) is 9.68. The van der Waals surface area contributed by atoms with Gasteiger partial charge in [-0.25, -0.2) is 10.2 Å². The first-order valence-electron chi connectivity index (χ1n) is 9.31. The summed E-state index contributed by atoms with van der Waals surface area (Å²) in [4.78, 5) is 24.6. The van der Waals surface area contributed by atoms with Gasteiger partial charge < -0.3 is 9.47 Å². The summed E-state index contributed by atoms with van der Waals surface area (Å²) in [7, 11) is 0. The Morgan fingerprint density at radius 1 is 0.968 bits per heavy atom. The summed E-state index contributed by atoms with van der Waals surface area (Å²) < 4.78 is 10.8. The van der Waals surface area contributed by atoms with Crippen molar-refractivity contribution in [3.63, 3.8) is 0 Å². The third-order valence-electron chi connectivity index (χ3n) is 4.06. The van der Waals surface area contributed by atoms with E-state index in [4.69, 9.17) is 21.1 Å². The van der Waals surface area contributed by atoms with Gasteiger partial charge in [0.05, 0.1) is 11.8 Å². The molecule has 0 aliphatic heterocycles. The molecule has 0 aromatic heterocycles. The molecule has 0 saturated carbocycles. The van der Waals surface area contributed by atoms with Gasteiger partial charge in [-0.05, 0) is 60.7 Å². The quantitative estimate of drug-likeness (QED) is 0.180. The lowest BCUT2D eigenvalue weighted by atomic mass is 10.2. The molecule has 156 valence electrons. The van der Waals surface area contributed by atoms with Crippen LogP contribution in [0, 0.1) is 0 Å². The standard InChI is InChI=1S/C24H19ClN2O4/c1-2-15-30-21-13-9-17(10-14-21)23(28)27-26-16-19-5-3-4-6-22(19)31-24(29)18-7-11-20(25)12-8-18/h2-14,16H,1,15H2,(H,27,28)/b26-16-. The second-order valence-electron chi connectivity index (χ2n) is 6.26. The third-order valence-corrected chi connectivity index (χ3v) is 4.31. The van der Waals surface area contributed by atoms with Gasteiger partial charge in [0, 0.05) is 16.1 Å². The lowest BCUT2D eigenvalue weighted by Gasteiger charge is -2.07. The average Bonchev–Trinajstić information content (AvgIpc) is 2.79. The second kappa shape index (κ2) is 10.8. The molecule has 6 nitrogen and oxygen atoms in total. The van der Waals surface area contributed by atoms with E-state index in [9.17, 15) is 9.59 Å². The summed E-state index contributed by atoms with van der Waals surface area (Å²) >= 11 is 5.84. The minimum atomic E-state index is -0.527. The number of hydrogen-bond acceptors (Lipinski definition) is 5. The predicted octanol–water partition coefficient (Wildman–Crippen LogP) is 4.89. The Hall–Kier alpha value is -3.90. The van der Waals surface area contributed by atoms with E-state index in [-0.39, 0.29) is 5.91 Å². The molecule has 0 atom stereocenters. The highest BCUT2D eigenvalue weighted by Gasteiger charge is 2.11. The van der Waals surface area contributed by atoms with Gasteiger partial charge in [0.1, 0.15) is 18.1 Å². The van der Waals surface area contributed by atoms with E-state index in [1.54, 1.807) is 78.9 Å². The molecular weight excluding hydrogens is 416 g/mol. The van der Waals surface area contributed by atoms with E-state index in [0.29, 0.717) is 39.8 Å². The molecule has 1 N–H and O–H groups in total. The number of carbonyl (C=O) groups is 2. The van der Waals surface area contributed by atoms with Crippen LogP contribution in [0.2, 0.25) is 5.02 Å². The topological polar surface area (TPSA) is 77.0 Å². The zero-order chi connectivity index (χ0) is 22.1. The third kappa shape index (κ3) is 6.29. The fourth-order valence-corrected chi connectivity index (χ4v) is 2.63. The molecule has 0 heterocycles. The monoisotopic (exact) mass is 434 g/mol. The molecule has 31 heavy (non-hydrogen) atoms. The number of benzene rings is 3. The molecule has 1 amide bonds. The molecule has 0 saturated heterocycles. The first kappa shape index (κ1) is 21.8. The van der Waals surface area contributed by atoms with Crippen LogP contribution >= 0.6 is 11.6 Å². The summed E-state index contributed by atoms with van der Waals surface area (Å²) in [6.45, 7) is 3.97. The van der Waals surface area contributed by atoms with Gasteiger partial charge in [0.15, 0.2) is 0 Å². The van der Waals surface area contributed by atoms with Gasteiger partial charge in [-0.2, -0.15) is 5.10 Å². The summed E-state index contributed by atoms with van der Waals surface area (Å²) in [5, 5.41) is 4.49. The average molecular weight is 435 g/mol. The highest BCUT2D eigenvalue weighted by molar-refractivity contribution is 6.30. The molecule has 3 aromatic carbocycles. The van der Waals surface area contributed by atoms with Crippen molar-refractivity contribution in [1.29, 1.82) is 0 Å². The number of rotatable bonds is 8. The van der Waals surface area contributed by atoms with Crippen molar-refractivity contribution < 1.29 is 19.1 Å². The molecule has 0 fully saturated rings. The number of nitrogens with zero attached hydrogens (tertiary/aromatic N) is 1. The van der Waals surface area contributed by atoms with Gasteiger partial charge >= 0.3 is 5.97 Å². The number of halogens is 1. The number of para-hydroxylation sites is 1. The van der Waals surface area contributed by atoms with Crippen LogP contribution in [0.3, 0.4) is 0 Å². The highest BCUT2D eigenvalue weighted by atomic mass is 35.5. The Kier molecular flexibility index (Phi) is 7.56. The van der Waals surface area contributed by atoms with Crippen LogP contribution < -0.4 is 14.9 Å². The number of hydrogen-bond donors (Lipinski definition) is 1. The van der Waals surface area contributed by atoms with Gasteiger partial charge in [-0.15, -0.1) is 0 Å². The maximum atomic E-state index is 12.3. The summed E-state index contributed by atoms with van der Waals surface area (Å²) in [6, 6.07) is 19.9. The van der Waals surface area contributed by atoms with Gasteiger partial charge in [-0.3, -0.25) is 4.79 Å². The fraction of sp³-hybridized carbons (Fsp3) is 0.0417. The highest BCUT2D eigenvalue weighted by Crippen LogP contribution is 2.19. The summed E-state index contributed by atoms with van der Waals surface area (Å²) in [5.41, 5.74) is 3.76. The molecule has 7 heteroatoms. The minimum Gasteiger partial charge on any atom is -0.490 e. The van der Waals surface area contributed by atoms with Gasteiger partial charge in [-0.1, -0.05) is 36.4 Å². The fourth-order valence-electron chi connectivity index (χ4n) is 2.51. The van der Waals surface area contributed by atoms with E-state index in [1.807, 2.05) is 0 Å². The number of amides is 1. The molecule has 0 radical (unpaired) electrons. The van der Waals surface area contributed by atoms with E-state index in [1.165, 1.54) is 6.21 Å². The molecule has 0 bridgehead atoms. The Morgan fingerprint density at radius 3 is 2.35 bits per heavy atom. The van der Waals surface area contributed by atoms with Crippen molar-refractivity contribution in [2.75, 3.05) is 6.61 Å². The van der Waals surface area contributed by atoms with E-state index in [0.717, 1.165) is 0 Å². The molecule has 0 unspecified atom stereocenters. The maximum absolute atomic E-state index is 12.3. The predicted molar refractivity (Wildman–Crippen MR) is 120 cm³/mol. The van der Waals surface area contributed by atoms with Crippen LogP contribution in [0.25, 0.3) is 0 Å². The lowest BCUT2D eigenvalue weighted by Crippen LogP contribution is -2.17. The van der Waals surface area contributed by atoms with E-state index >= 15 is 0 Å².